The van der Waals surface area contributed by atoms with Crippen LogP contribution in [0.2, 0.25) is 0 Å². The topological polar surface area (TPSA) is 186 Å². The van der Waals surface area contributed by atoms with Crippen LogP contribution in [0.1, 0.15) is 206 Å². The molecule has 0 spiro atoms. The maximum Gasteiger partial charge on any atom is 0.306 e. The average Bonchev–Trinajstić information content (AvgIpc) is 3.18. The number of esters is 2. The molecule has 12 nitrogen and oxygen atoms in total. The zero-order valence-corrected chi connectivity index (χ0v) is 37.2. The van der Waals surface area contributed by atoms with Crippen LogP contribution in [0.4, 0.5) is 0 Å². The lowest BCUT2D eigenvalue weighted by molar-refractivity contribution is -0.297. The van der Waals surface area contributed by atoms with Crippen molar-refractivity contribution in [2.75, 3.05) is 19.0 Å². The highest BCUT2D eigenvalue weighted by molar-refractivity contribution is 7.85. The summed E-state index contributed by atoms with van der Waals surface area (Å²) < 4.78 is 54.1. The molecule has 0 amide bonds. The van der Waals surface area contributed by atoms with Crippen LogP contribution in [0.25, 0.3) is 0 Å². The summed E-state index contributed by atoms with van der Waals surface area (Å²) in [6, 6.07) is 0. The van der Waals surface area contributed by atoms with Gasteiger partial charge < -0.3 is 34.3 Å². The first-order chi connectivity index (χ1) is 28.0. The molecule has 0 aromatic rings. The van der Waals surface area contributed by atoms with Crippen molar-refractivity contribution in [3.05, 3.63) is 12.2 Å². The second kappa shape index (κ2) is 36.1. The van der Waals surface area contributed by atoms with E-state index in [4.69, 9.17) is 18.9 Å². The summed E-state index contributed by atoms with van der Waals surface area (Å²) in [4.78, 5) is 25.4. The van der Waals surface area contributed by atoms with E-state index in [1.165, 1.54) is 116 Å². The third-order valence-electron chi connectivity index (χ3n) is 10.8. The molecule has 1 aliphatic heterocycles. The van der Waals surface area contributed by atoms with Crippen LogP contribution in [-0.4, -0.2) is 96.0 Å². The Morgan fingerprint density at radius 3 is 1.43 bits per heavy atom. The molecule has 0 aromatic carbocycles. The SMILES string of the molecule is CCCCCCCC/C=C/CCCCCCCCCC(=O)O[C@H](COC(=O)CCCCCCCCCCCCCCC)CO[C@H]1O[C@H](CS(=O)(=O)O)[C@@H](O)C(O)C1O. The van der Waals surface area contributed by atoms with Gasteiger partial charge in [-0.2, -0.15) is 8.42 Å². The molecule has 0 bridgehead atoms. The second-order valence-electron chi connectivity index (χ2n) is 16.4. The van der Waals surface area contributed by atoms with Gasteiger partial charge >= 0.3 is 11.9 Å². The fourth-order valence-electron chi connectivity index (χ4n) is 7.20. The second-order valence-corrected chi connectivity index (χ2v) is 17.9. The van der Waals surface area contributed by atoms with E-state index in [0.29, 0.717) is 12.8 Å². The van der Waals surface area contributed by atoms with Gasteiger partial charge in [-0.25, -0.2) is 0 Å². The van der Waals surface area contributed by atoms with Gasteiger partial charge in [0.1, 0.15) is 36.8 Å². The van der Waals surface area contributed by atoms with Gasteiger partial charge in [0.2, 0.25) is 0 Å². The Balaban J connectivity index is 2.43. The average molecular weight is 849 g/mol. The molecule has 6 atom stereocenters. The quantitative estimate of drug-likeness (QED) is 0.0199. The van der Waals surface area contributed by atoms with Gasteiger partial charge in [-0.15, -0.1) is 0 Å². The fraction of sp³-hybridized carbons (Fsp3) is 0.911. The number of aliphatic hydroxyl groups is 3. The van der Waals surface area contributed by atoms with E-state index in [1.54, 1.807) is 0 Å². The number of aliphatic hydroxyl groups excluding tert-OH is 3. The summed E-state index contributed by atoms with van der Waals surface area (Å²) in [5.41, 5.74) is 0. The minimum Gasteiger partial charge on any atom is -0.462 e. The third kappa shape index (κ3) is 30.4. The maximum absolute atomic E-state index is 12.8. The summed E-state index contributed by atoms with van der Waals surface area (Å²) in [5.74, 6) is -1.98. The van der Waals surface area contributed by atoms with Crippen molar-refractivity contribution < 1.29 is 56.8 Å². The highest BCUT2D eigenvalue weighted by atomic mass is 32.2. The van der Waals surface area contributed by atoms with Crippen LogP contribution in [0, 0.1) is 0 Å². The molecule has 0 aliphatic carbocycles. The lowest BCUT2D eigenvalue weighted by Gasteiger charge is -2.40. The molecule has 342 valence electrons. The van der Waals surface area contributed by atoms with E-state index >= 15 is 0 Å². The van der Waals surface area contributed by atoms with Gasteiger partial charge in [-0.3, -0.25) is 14.1 Å². The maximum atomic E-state index is 12.8. The fourth-order valence-corrected chi connectivity index (χ4v) is 7.89. The number of unbranched alkanes of at least 4 members (excludes halogenated alkanes) is 25. The van der Waals surface area contributed by atoms with Gasteiger partial charge in [0.25, 0.3) is 10.1 Å². The molecule has 0 aromatic heterocycles. The standard InChI is InChI=1S/C45H84O12S/c1-3-5-7-9-11-13-15-17-18-19-20-22-24-26-28-30-32-34-41(47)56-38(36-55-45-44(50)43(49)42(48)39(57-45)37-58(51,52)53)35-54-40(46)33-31-29-27-25-23-21-16-14-12-10-8-6-4-2/h17-18,38-39,42-45,48-50H,3-16,19-37H2,1-2H3,(H,51,52,53)/b18-17+/t38-,39-,42-,43?,44?,45+/m1/s1. The lowest BCUT2D eigenvalue weighted by Crippen LogP contribution is -2.60. The highest BCUT2D eigenvalue weighted by Crippen LogP contribution is 2.24. The van der Waals surface area contributed by atoms with Crippen molar-refractivity contribution in [3.8, 4) is 0 Å². The molecule has 2 unspecified atom stereocenters. The molecule has 4 N–H and O–H groups in total. The largest absolute Gasteiger partial charge is 0.462 e. The van der Waals surface area contributed by atoms with E-state index < -0.39 is 71.2 Å². The number of hydrogen-bond donors (Lipinski definition) is 4. The van der Waals surface area contributed by atoms with Crippen molar-refractivity contribution in [3.63, 3.8) is 0 Å². The summed E-state index contributed by atoms with van der Waals surface area (Å²) >= 11 is 0. The zero-order chi connectivity index (χ0) is 42.7. The zero-order valence-electron chi connectivity index (χ0n) is 36.4. The van der Waals surface area contributed by atoms with Crippen LogP contribution in [0.5, 0.6) is 0 Å². The summed E-state index contributed by atoms with van der Waals surface area (Å²) in [5, 5.41) is 30.9. The first-order valence-corrected chi connectivity index (χ1v) is 24.9. The van der Waals surface area contributed by atoms with E-state index in [0.717, 1.165) is 51.4 Å². The molecule has 0 radical (unpaired) electrons. The Labute approximate surface area is 352 Å². The monoisotopic (exact) mass is 849 g/mol. The highest BCUT2D eigenvalue weighted by Gasteiger charge is 2.46. The minimum atomic E-state index is -4.60. The molecule has 1 rings (SSSR count). The predicted octanol–water partition coefficient (Wildman–Crippen LogP) is 9.45. The van der Waals surface area contributed by atoms with Gasteiger partial charge in [0.05, 0.1) is 6.61 Å². The van der Waals surface area contributed by atoms with Crippen LogP contribution in [0.3, 0.4) is 0 Å². The molecule has 0 saturated carbocycles. The number of rotatable bonds is 39. The molecule has 1 heterocycles. The van der Waals surface area contributed by atoms with Crippen molar-refractivity contribution >= 4 is 22.1 Å². The smallest absolute Gasteiger partial charge is 0.306 e. The lowest BCUT2D eigenvalue weighted by atomic mass is 10.00. The minimum absolute atomic E-state index is 0.163. The Kier molecular flexibility index (Phi) is 33.8. The van der Waals surface area contributed by atoms with Crippen LogP contribution in [0.15, 0.2) is 12.2 Å². The van der Waals surface area contributed by atoms with Gasteiger partial charge in [0, 0.05) is 12.8 Å². The van der Waals surface area contributed by atoms with Crippen LogP contribution in [-0.2, 0) is 38.7 Å². The van der Waals surface area contributed by atoms with Gasteiger partial charge in [0.15, 0.2) is 12.4 Å². The van der Waals surface area contributed by atoms with E-state index in [9.17, 15) is 37.9 Å². The molecule has 13 heteroatoms. The van der Waals surface area contributed by atoms with Crippen LogP contribution < -0.4 is 0 Å². The summed E-state index contributed by atoms with van der Waals surface area (Å²) in [7, 11) is -4.60. The van der Waals surface area contributed by atoms with E-state index in [1.807, 2.05) is 0 Å². The predicted molar refractivity (Wildman–Crippen MR) is 229 cm³/mol. The van der Waals surface area contributed by atoms with E-state index in [-0.39, 0.29) is 19.4 Å². The Morgan fingerprint density at radius 2 is 0.983 bits per heavy atom. The number of carbonyl (C=O) groups is 2. The number of hydrogen-bond acceptors (Lipinski definition) is 11. The summed E-state index contributed by atoms with van der Waals surface area (Å²) in [6.45, 7) is 3.76. The molecular formula is C45H84O12S. The van der Waals surface area contributed by atoms with Crippen LogP contribution >= 0.6 is 0 Å². The first-order valence-electron chi connectivity index (χ1n) is 23.2. The van der Waals surface area contributed by atoms with Crippen molar-refractivity contribution in [2.24, 2.45) is 0 Å². The van der Waals surface area contributed by atoms with Crippen molar-refractivity contribution in [1.82, 2.24) is 0 Å². The Hall–Kier alpha value is -1.61. The van der Waals surface area contributed by atoms with Gasteiger partial charge in [-0.05, 0) is 38.5 Å². The van der Waals surface area contributed by atoms with Gasteiger partial charge in [-0.1, -0.05) is 167 Å². The first kappa shape index (κ1) is 54.4. The van der Waals surface area contributed by atoms with Crippen molar-refractivity contribution in [1.29, 1.82) is 0 Å². The number of carbonyl (C=O) groups excluding carboxylic acids is 2. The molecule has 1 fully saturated rings. The third-order valence-corrected chi connectivity index (χ3v) is 11.6. The molecular weight excluding hydrogens is 765 g/mol. The number of ether oxygens (including phenoxy) is 4. The number of allylic oxidation sites excluding steroid dienone is 2. The van der Waals surface area contributed by atoms with E-state index in [2.05, 4.69) is 26.0 Å². The Bertz CT molecular complexity index is 1130. The molecule has 58 heavy (non-hydrogen) atoms. The molecule has 1 aliphatic rings. The summed E-state index contributed by atoms with van der Waals surface area (Å²) in [6.07, 6.45) is 28.2. The Morgan fingerprint density at radius 1 is 0.569 bits per heavy atom. The normalized spacial score (nSPS) is 20.4. The van der Waals surface area contributed by atoms with Crippen molar-refractivity contribution in [2.45, 2.75) is 243 Å². The molecule has 1 saturated heterocycles.